The van der Waals surface area contributed by atoms with Crippen LogP contribution in [0, 0.1) is 11.2 Å². The van der Waals surface area contributed by atoms with Crippen LogP contribution in [0.15, 0.2) is 77.3 Å². The molecule has 1 heterocycles. The molecule has 38 heavy (non-hydrogen) atoms. The Balaban J connectivity index is 1.20. The van der Waals surface area contributed by atoms with Gasteiger partial charge >= 0.3 is 11.9 Å². The van der Waals surface area contributed by atoms with Gasteiger partial charge in [0, 0.05) is 29.3 Å². The van der Waals surface area contributed by atoms with Gasteiger partial charge in [0.1, 0.15) is 5.82 Å². The third kappa shape index (κ3) is 5.05. The highest BCUT2D eigenvalue weighted by molar-refractivity contribution is 5.98. The number of halogens is 1. The van der Waals surface area contributed by atoms with E-state index in [4.69, 9.17) is 4.52 Å². The van der Waals surface area contributed by atoms with Gasteiger partial charge in [0.2, 0.25) is 5.82 Å². The molecule has 5 rings (SSSR count). The quantitative estimate of drug-likeness (QED) is 0.267. The van der Waals surface area contributed by atoms with E-state index in [0.29, 0.717) is 36.3 Å². The Morgan fingerprint density at radius 2 is 1.58 bits per heavy atom. The zero-order chi connectivity index (χ0) is 26.7. The van der Waals surface area contributed by atoms with Gasteiger partial charge in [-0.2, -0.15) is 4.98 Å². The van der Waals surface area contributed by atoms with E-state index < -0.39 is 17.4 Å². The number of nitrogens with zero attached hydrogens (tertiary/aromatic N) is 2. The van der Waals surface area contributed by atoms with E-state index in [9.17, 15) is 24.2 Å². The molecule has 0 spiro atoms. The topological polar surface area (TPSA) is 126 Å². The van der Waals surface area contributed by atoms with Gasteiger partial charge in [0.05, 0.1) is 0 Å². The van der Waals surface area contributed by atoms with Crippen molar-refractivity contribution in [2.45, 2.75) is 38.3 Å². The Labute approximate surface area is 218 Å². The second-order valence-electron chi connectivity index (χ2n) is 9.53. The van der Waals surface area contributed by atoms with Crippen molar-refractivity contribution in [3.05, 3.63) is 84.2 Å². The summed E-state index contributed by atoms with van der Waals surface area (Å²) in [5.74, 6) is -2.30. The zero-order valence-corrected chi connectivity index (χ0v) is 20.4. The van der Waals surface area contributed by atoms with Crippen LogP contribution in [0.3, 0.4) is 0 Å². The number of carboxylic acid groups (broad SMARTS) is 2. The van der Waals surface area contributed by atoms with Crippen LogP contribution in [0.25, 0.3) is 34.0 Å². The average molecular weight is 516 g/mol. The van der Waals surface area contributed by atoms with Crippen LogP contribution in [0.2, 0.25) is 0 Å². The number of hydrogen-bond donors (Lipinski definition) is 3. The fraction of sp³-hybridized carbons (Fsp3) is 0.241. The maximum Gasteiger partial charge on any atom is 0.321 e. The lowest BCUT2D eigenvalue weighted by atomic mass is 9.72. The van der Waals surface area contributed by atoms with Gasteiger partial charge in [-0.1, -0.05) is 65.8 Å². The molecule has 4 aromatic rings. The van der Waals surface area contributed by atoms with Crippen molar-refractivity contribution in [1.29, 1.82) is 0 Å². The normalized spacial score (nSPS) is 15.3. The van der Waals surface area contributed by atoms with E-state index in [1.54, 1.807) is 12.1 Å². The number of aromatic nitrogens is 2. The Morgan fingerprint density at radius 3 is 2.21 bits per heavy atom. The Hall–Kier alpha value is -4.37. The standard InChI is InChI=1S/C29H26FN3O5/c30-24-16-21(10-11-23(24)19-4-2-1-3-5-19)26-32-25(33-38-26)20-8-6-18(7-9-20)17-31-22-12-14-29(15-13-22,27(34)35)28(36)37/h1-11,16,22,31H,12-15,17H2,(H,34,35)(H,36,37). The van der Waals surface area contributed by atoms with Crippen molar-refractivity contribution in [1.82, 2.24) is 15.5 Å². The summed E-state index contributed by atoms with van der Waals surface area (Å²) in [6.45, 7) is 0.558. The molecule has 1 saturated carbocycles. The van der Waals surface area contributed by atoms with E-state index in [0.717, 1.165) is 16.7 Å². The molecule has 1 aliphatic carbocycles. The number of carboxylic acids is 2. The SMILES string of the molecule is O=C(O)C1(C(=O)O)CCC(NCc2ccc(-c3noc(-c4ccc(-c5ccccc5)c(F)c4)n3)cc2)CC1. The van der Waals surface area contributed by atoms with Gasteiger partial charge in [0.25, 0.3) is 5.89 Å². The lowest BCUT2D eigenvalue weighted by Crippen LogP contribution is -2.46. The number of benzene rings is 3. The first-order chi connectivity index (χ1) is 18.4. The summed E-state index contributed by atoms with van der Waals surface area (Å²) in [6.07, 6.45) is 1.17. The lowest BCUT2D eigenvalue weighted by molar-refractivity contribution is -0.167. The predicted molar refractivity (Wildman–Crippen MR) is 137 cm³/mol. The monoisotopic (exact) mass is 515 g/mol. The van der Waals surface area contributed by atoms with Gasteiger partial charge in [-0.05, 0) is 48.9 Å². The summed E-state index contributed by atoms with van der Waals surface area (Å²) < 4.78 is 20.2. The molecule has 1 fully saturated rings. The number of hydrogen-bond acceptors (Lipinski definition) is 6. The highest BCUT2D eigenvalue weighted by Gasteiger charge is 2.48. The van der Waals surface area contributed by atoms with Crippen molar-refractivity contribution in [3.63, 3.8) is 0 Å². The Bertz CT molecular complexity index is 1430. The van der Waals surface area contributed by atoms with Gasteiger partial charge < -0.3 is 20.1 Å². The van der Waals surface area contributed by atoms with E-state index in [2.05, 4.69) is 15.5 Å². The fourth-order valence-corrected chi connectivity index (χ4v) is 4.83. The maximum atomic E-state index is 14.8. The number of aliphatic carboxylic acids is 2. The van der Waals surface area contributed by atoms with Gasteiger partial charge in [0.15, 0.2) is 5.41 Å². The third-order valence-corrected chi connectivity index (χ3v) is 7.19. The number of carbonyl (C=O) groups is 2. The highest BCUT2D eigenvalue weighted by Crippen LogP contribution is 2.37. The molecule has 0 radical (unpaired) electrons. The predicted octanol–water partition coefficient (Wildman–Crippen LogP) is 5.40. The van der Waals surface area contributed by atoms with Crippen molar-refractivity contribution in [2.24, 2.45) is 5.41 Å². The van der Waals surface area contributed by atoms with Crippen LogP contribution in [-0.2, 0) is 16.1 Å². The second kappa shape index (κ2) is 10.5. The molecular weight excluding hydrogens is 489 g/mol. The molecule has 194 valence electrons. The summed E-state index contributed by atoms with van der Waals surface area (Å²) in [5, 5.41) is 26.2. The minimum atomic E-state index is -1.68. The summed E-state index contributed by atoms with van der Waals surface area (Å²) in [7, 11) is 0. The van der Waals surface area contributed by atoms with Gasteiger partial charge in [-0.15, -0.1) is 0 Å². The minimum absolute atomic E-state index is 0.0509. The number of nitrogens with one attached hydrogen (secondary N) is 1. The van der Waals surface area contributed by atoms with Crippen LogP contribution in [0.4, 0.5) is 4.39 Å². The largest absolute Gasteiger partial charge is 0.480 e. The molecule has 0 amide bonds. The van der Waals surface area contributed by atoms with Gasteiger partial charge in [-0.25, -0.2) is 4.39 Å². The molecule has 1 aromatic heterocycles. The van der Waals surface area contributed by atoms with Gasteiger partial charge in [-0.3, -0.25) is 9.59 Å². The van der Waals surface area contributed by atoms with Crippen LogP contribution >= 0.6 is 0 Å². The van der Waals surface area contributed by atoms with E-state index in [-0.39, 0.29) is 30.6 Å². The highest BCUT2D eigenvalue weighted by atomic mass is 19.1. The first kappa shape index (κ1) is 25.3. The van der Waals surface area contributed by atoms with Crippen LogP contribution in [0.1, 0.15) is 31.2 Å². The average Bonchev–Trinajstić information content (AvgIpc) is 3.43. The van der Waals surface area contributed by atoms with Crippen molar-refractivity contribution in [3.8, 4) is 34.0 Å². The molecule has 0 aliphatic heterocycles. The van der Waals surface area contributed by atoms with Crippen LogP contribution in [-0.4, -0.2) is 38.3 Å². The molecule has 0 unspecified atom stereocenters. The Morgan fingerprint density at radius 1 is 0.921 bits per heavy atom. The molecule has 8 nitrogen and oxygen atoms in total. The molecule has 3 aromatic carbocycles. The van der Waals surface area contributed by atoms with Crippen molar-refractivity contribution < 1.29 is 28.7 Å². The molecule has 0 saturated heterocycles. The zero-order valence-electron chi connectivity index (χ0n) is 20.4. The smallest absolute Gasteiger partial charge is 0.321 e. The van der Waals surface area contributed by atoms with Crippen LogP contribution in [0.5, 0.6) is 0 Å². The van der Waals surface area contributed by atoms with Crippen LogP contribution < -0.4 is 5.32 Å². The summed E-state index contributed by atoms with van der Waals surface area (Å²) in [4.78, 5) is 27.4. The van der Waals surface area contributed by atoms with E-state index >= 15 is 0 Å². The molecule has 9 heteroatoms. The summed E-state index contributed by atoms with van der Waals surface area (Å²) >= 11 is 0. The summed E-state index contributed by atoms with van der Waals surface area (Å²) in [6, 6.07) is 21.8. The summed E-state index contributed by atoms with van der Waals surface area (Å²) in [5.41, 5.74) is 1.84. The molecule has 0 bridgehead atoms. The Kier molecular flexibility index (Phi) is 7.02. The third-order valence-electron chi connectivity index (χ3n) is 7.19. The minimum Gasteiger partial charge on any atom is -0.480 e. The maximum absolute atomic E-state index is 14.8. The van der Waals surface area contributed by atoms with E-state index in [1.807, 2.05) is 54.6 Å². The lowest BCUT2D eigenvalue weighted by Gasteiger charge is -2.33. The van der Waals surface area contributed by atoms with Crippen molar-refractivity contribution >= 4 is 11.9 Å². The molecule has 0 atom stereocenters. The molecular formula is C29H26FN3O5. The van der Waals surface area contributed by atoms with Crippen molar-refractivity contribution in [2.75, 3.05) is 0 Å². The fourth-order valence-electron chi connectivity index (χ4n) is 4.83. The number of rotatable bonds is 8. The second-order valence-corrected chi connectivity index (χ2v) is 9.53. The molecule has 3 N–H and O–H groups in total. The first-order valence-corrected chi connectivity index (χ1v) is 12.3. The molecule has 1 aliphatic rings. The first-order valence-electron chi connectivity index (χ1n) is 12.3. The van der Waals surface area contributed by atoms with E-state index in [1.165, 1.54) is 6.07 Å².